The minimum Gasteiger partial charge on any atom is -0.373 e. The molecule has 0 bridgehead atoms. The summed E-state index contributed by atoms with van der Waals surface area (Å²) in [4.78, 5) is 0. The zero-order chi connectivity index (χ0) is 16.3. The highest BCUT2D eigenvalue weighted by atomic mass is 28.4. The van der Waals surface area contributed by atoms with Crippen molar-refractivity contribution in [3.05, 3.63) is 0 Å². The van der Waals surface area contributed by atoms with Crippen LogP contribution in [0, 0.1) is 0 Å². The Bertz CT molecular complexity index is 340. The molecule has 0 spiro atoms. The first-order valence-electron chi connectivity index (χ1n) is 7.57. The largest absolute Gasteiger partial charge is 0.762 e. The van der Waals surface area contributed by atoms with E-state index in [1.54, 1.807) is 0 Å². The molecule has 0 saturated carbocycles. The molecule has 0 saturated heterocycles. The van der Waals surface area contributed by atoms with Crippen LogP contribution in [0.4, 0.5) is 0 Å². The standard InChI is InChI=1S/C14H29N3O3Si/c1-8-12(5)15-18-21(11-4,19-16-13(6)9-2)20-17-14(7)10-3/h8-11H2,1-7H3. The Morgan fingerprint density at radius 3 is 1.14 bits per heavy atom. The normalized spacial score (nSPS) is 16.4. The van der Waals surface area contributed by atoms with Gasteiger partial charge in [-0.25, -0.2) is 0 Å². The van der Waals surface area contributed by atoms with E-state index < -0.39 is 8.80 Å². The second-order valence-corrected chi connectivity index (χ2v) is 7.47. The second-order valence-electron chi connectivity index (χ2n) is 4.85. The molecule has 0 rings (SSSR count). The van der Waals surface area contributed by atoms with Gasteiger partial charge in [0.1, 0.15) is 0 Å². The van der Waals surface area contributed by atoms with Crippen LogP contribution in [-0.2, 0) is 13.6 Å². The van der Waals surface area contributed by atoms with Gasteiger partial charge in [0.25, 0.3) is 0 Å². The predicted molar refractivity (Wildman–Crippen MR) is 89.7 cm³/mol. The van der Waals surface area contributed by atoms with Gasteiger partial charge >= 0.3 is 8.80 Å². The van der Waals surface area contributed by atoms with Crippen LogP contribution in [0.5, 0.6) is 0 Å². The van der Waals surface area contributed by atoms with Crippen LogP contribution >= 0.6 is 0 Å². The van der Waals surface area contributed by atoms with Crippen molar-refractivity contribution in [2.45, 2.75) is 73.8 Å². The second kappa shape index (κ2) is 10.4. The van der Waals surface area contributed by atoms with Gasteiger partial charge in [-0.1, -0.05) is 27.7 Å². The minimum atomic E-state index is -3.07. The number of rotatable bonds is 10. The van der Waals surface area contributed by atoms with Gasteiger partial charge in [0, 0.05) is 0 Å². The van der Waals surface area contributed by atoms with Gasteiger partial charge in [0.2, 0.25) is 0 Å². The summed E-state index contributed by atoms with van der Waals surface area (Å²) in [5.74, 6) is 0. The summed E-state index contributed by atoms with van der Waals surface area (Å²) in [6.45, 7) is 13.7. The fraction of sp³-hybridized carbons (Fsp3) is 0.786. The summed E-state index contributed by atoms with van der Waals surface area (Å²) in [6.07, 6.45) is 2.42. The Balaban J connectivity index is 5.17. The number of hydrogen-bond donors (Lipinski definition) is 0. The lowest BCUT2D eigenvalue weighted by Crippen LogP contribution is -2.41. The van der Waals surface area contributed by atoms with Gasteiger partial charge in [-0.05, 0) is 40.0 Å². The van der Waals surface area contributed by atoms with Crippen molar-refractivity contribution in [2.24, 2.45) is 15.5 Å². The van der Waals surface area contributed by atoms with E-state index in [4.69, 9.17) is 13.6 Å². The summed E-state index contributed by atoms with van der Waals surface area (Å²) >= 11 is 0. The molecule has 0 aromatic heterocycles. The lowest BCUT2D eigenvalue weighted by molar-refractivity contribution is 0.0666. The zero-order valence-electron chi connectivity index (χ0n) is 14.4. The average Bonchev–Trinajstić information content (AvgIpc) is 2.53. The molecule has 122 valence electrons. The van der Waals surface area contributed by atoms with Crippen LogP contribution in [0.25, 0.3) is 0 Å². The van der Waals surface area contributed by atoms with Gasteiger partial charge in [-0.2, -0.15) is 0 Å². The fourth-order valence-electron chi connectivity index (χ4n) is 0.880. The number of nitrogens with zero attached hydrogens (tertiary/aromatic N) is 3. The van der Waals surface area contributed by atoms with Crippen molar-refractivity contribution in [3.63, 3.8) is 0 Å². The topological polar surface area (TPSA) is 64.8 Å². The van der Waals surface area contributed by atoms with Crippen LogP contribution in [0.2, 0.25) is 6.04 Å². The molecule has 0 aromatic carbocycles. The lowest BCUT2D eigenvalue weighted by Gasteiger charge is -2.21. The molecule has 21 heavy (non-hydrogen) atoms. The Labute approximate surface area is 129 Å². The molecule has 7 heteroatoms. The summed E-state index contributed by atoms with van der Waals surface area (Å²) in [5, 5.41) is 12.3. The van der Waals surface area contributed by atoms with E-state index in [-0.39, 0.29) is 0 Å². The van der Waals surface area contributed by atoms with Crippen molar-refractivity contribution < 1.29 is 13.6 Å². The molecular formula is C14H29N3O3Si. The van der Waals surface area contributed by atoms with Crippen LogP contribution in [0.3, 0.4) is 0 Å². The molecule has 0 aliphatic heterocycles. The van der Waals surface area contributed by atoms with Crippen molar-refractivity contribution >= 4 is 25.9 Å². The summed E-state index contributed by atoms with van der Waals surface area (Å²) in [7, 11) is -3.07. The first-order valence-corrected chi connectivity index (χ1v) is 9.51. The van der Waals surface area contributed by atoms with E-state index in [1.165, 1.54) is 0 Å². The molecule has 0 heterocycles. The van der Waals surface area contributed by atoms with Crippen molar-refractivity contribution in [1.82, 2.24) is 0 Å². The maximum absolute atomic E-state index is 5.59. The van der Waals surface area contributed by atoms with E-state index >= 15 is 0 Å². The molecule has 0 fully saturated rings. The number of oxime groups is 3. The Morgan fingerprint density at radius 2 is 0.952 bits per heavy atom. The van der Waals surface area contributed by atoms with Crippen molar-refractivity contribution in [2.75, 3.05) is 0 Å². The Kier molecular flexibility index (Phi) is 9.69. The molecular weight excluding hydrogens is 286 g/mol. The summed E-state index contributed by atoms with van der Waals surface area (Å²) in [5.41, 5.74) is 2.62. The zero-order valence-corrected chi connectivity index (χ0v) is 15.4. The Morgan fingerprint density at radius 1 is 0.667 bits per heavy atom. The van der Waals surface area contributed by atoms with E-state index in [0.29, 0.717) is 6.04 Å². The molecule has 0 amide bonds. The summed E-state index contributed by atoms with van der Waals surface area (Å²) < 4.78 is 16.8. The molecule has 6 nitrogen and oxygen atoms in total. The van der Waals surface area contributed by atoms with Crippen LogP contribution < -0.4 is 0 Å². The van der Waals surface area contributed by atoms with Crippen LogP contribution in [0.1, 0.15) is 67.7 Å². The predicted octanol–water partition coefficient (Wildman–Crippen LogP) is 4.35. The fourth-order valence-corrected chi connectivity index (χ4v) is 2.25. The third-order valence-electron chi connectivity index (χ3n) is 2.99. The number of hydrogen-bond acceptors (Lipinski definition) is 6. The third kappa shape index (κ3) is 7.84. The molecule has 0 atom stereocenters. The highest BCUT2D eigenvalue weighted by Crippen LogP contribution is 2.18. The third-order valence-corrected chi connectivity index (χ3v) is 4.96. The highest BCUT2D eigenvalue weighted by molar-refractivity contribution is 6.60. The first kappa shape index (κ1) is 19.6. The van der Waals surface area contributed by atoms with Crippen LogP contribution in [-0.4, -0.2) is 25.9 Å². The first-order chi connectivity index (χ1) is 9.92. The summed E-state index contributed by atoms with van der Waals surface area (Å²) in [6, 6.07) is 0.536. The van der Waals surface area contributed by atoms with Crippen molar-refractivity contribution in [1.29, 1.82) is 0 Å². The quantitative estimate of drug-likeness (QED) is 0.342. The van der Waals surface area contributed by atoms with Gasteiger partial charge in [-0.15, -0.1) is 15.5 Å². The molecule has 0 N–H and O–H groups in total. The van der Waals surface area contributed by atoms with Gasteiger partial charge in [0.05, 0.1) is 23.2 Å². The van der Waals surface area contributed by atoms with E-state index in [9.17, 15) is 0 Å². The minimum absolute atomic E-state index is 0.536. The molecule has 0 aliphatic carbocycles. The van der Waals surface area contributed by atoms with Gasteiger partial charge in [0.15, 0.2) is 0 Å². The Hall–Kier alpha value is -1.37. The molecule has 0 radical (unpaired) electrons. The molecule has 0 aromatic rings. The molecule has 0 unspecified atom stereocenters. The van der Waals surface area contributed by atoms with Gasteiger partial charge < -0.3 is 13.6 Å². The monoisotopic (exact) mass is 315 g/mol. The van der Waals surface area contributed by atoms with Crippen molar-refractivity contribution in [3.8, 4) is 0 Å². The molecule has 0 aliphatic rings. The lowest BCUT2D eigenvalue weighted by atomic mass is 10.3. The smallest absolute Gasteiger partial charge is 0.373 e. The maximum Gasteiger partial charge on any atom is 0.762 e. The SMILES string of the molecule is CCC(C)=NO[Si](CC)(ON=C(C)CC)ON=C(C)CC. The van der Waals surface area contributed by atoms with Gasteiger partial charge in [-0.3, -0.25) is 0 Å². The maximum atomic E-state index is 5.59. The average molecular weight is 315 g/mol. The van der Waals surface area contributed by atoms with E-state index in [1.807, 2.05) is 48.5 Å². The van der Waals surface area contributed by atoms with E-state index in [0.717, 1.165) is 36.4 Å². The van der Waals surface area contributed by atoms with Crippen LogP contribution in [0.15, 0.2) is 15.5 Å². The highest BCUT2D eigenvalue weighted by Gasteiger charge is 2.49. The van der Waals surface area contributed by atoms with E-state index in [2.05, 4.69) is 15.5 Å².